The van der Waals surface area contributed by atoms with E-state index in [9.17, 15) is 0 Å². The predicted octanol–water partition coefficient (Wildman–Crippen LogP) is 3.44. The number of benzene rings is 1. The monoisotopic (exact) mass is 297 g/mol. The van der Waals surface area contributed by atoms with Crippen LogP contribution < -0.4 is 10.1 Å². The normalized spacial score (nSPS) is 12.4. The maximum atomic E-state index is 5.81. The van der Waals surface area contributed by atoms with Gasteiger partial charge in [0.2, 0.25) is 0 Å². The lowest BCUT2D eigenvalue weighted by Crippen LogP contribution is -2.17. The first kappa shape index (κ1) is 14.2. The Bertz CT molecular complexity index is 515. The van der Waals surface area contributed by atoms with Crippen LogP contribution >= 0.6 is 22.9 Å². The van der Waals surface area contributed by atoms with E-state index in [-0.39, 0.29) is 6.04 Å². The Morgan fingerprint density at radius 3 is 2.74 bits per heavy atom. The highest BCUT2D eigenvalue weighted by Crippen LogP contribution is 2.20. The first-order valence-electron chi connectivity index (χ1n) is 6.13. The van der Waals surface area contributed by atoms with E-state index in [1.807, 2.05) is 12.1 Å². The van der Waals surface area contributed by atoms with Gasteiger partial charge in [0, 0.05) is 5.02 Å². The summed E-state index contributed by atoms with van der Waals surface area (Å²) in [5.41, 5.74) is 0. The van der Waals surface area contributed by atoms with Crippen LogP contribution in [0.25, 0.3) is 0 Å². The van der Waals surface area contributed by atoms with E-state index in [2.05, 4.69) is 29.4 Å². The van der Waals surface area contributed by atoms with Gasteiger partial charge in [-0.3, -0.25) is 0 Å². The average molecular weight is 298 g/mol. The van der Waals surface area contributed by atoms with Crippen molar-refractivity contribution in [3.8, 4) is 5.75 Å². The van der Waals surface area contributed by atoms with Crippen LogP contribution in [0.1, 0.15) is 29.9 Å². The molecule has 1 heterocycles. The van der Waals surface area contributed by atoms with Crippen molar-refractivity contribution in [1.82, 2.24) is 15.5 Å². The van der Waals surface area contributed by atoms with Gasteiger partial charge in [0.25, 0.3) is 0 Å². The molecule has 1 aromatic carbocycles. The van der Waals surface area contributed by atoms with E-state index in [4.69, 9.17) is 16.3 Å². The van der Waals surface area contributed by atoms with E-state index >= 15 is 0 Å². The molecule has 1 atom stereocenters. The van der Waals surface area contributed by atoms with Gasteiger partial charge in [-0.1, -0.05) is 29.9 Å². The molecule has 2 rings (SSSR count). The summed E-state index contributed by atoms with van der Waals surface area (Å²) in [6.07, 6.45) is 0. The molecule has 0 spiro atoms. The van der Waals surface area contributed by atoms with Gasteiger partial charge in [-0.15, -0.1) is 10.2 Å². The quantitative estimate of drug-likeness (QED) is 0.887. The van der Waals surface area contributed by atoms with Crippen molar-refractivity contribution >= 4 is 22.9 Å². The lowest BCUT2D eigenvalue weighted by Gasteiger charge is -2.06. The second-order valence-corrected chi connectivity index (χ2v) is 5.59. The number of rotatable bonds is 6. The molecule has 0 bridgehead atoms. The zero-order valence-electron chi connectivity index (χ0n) is 10.9. The molecule has 0 aliphatic heterocycles. The highest BCUT2D eigenvalue weighted by molar-refractivity contribution is 7.11. The zero-order chi connectivity index (χ0) is 13.7. The van der Waals surface area contributed by atoms with E-state index < -0.39 is 0 Å². The maximum absolute atomic E-state index is 5.81. The topological polar surface area (TPSA) is 47.0 Å². The Labute approximate surface area is 121 Å². The molecule has 6 heteroatoms. The predicted molar refractivity (Wildman–Crippen MR) is 77.8 cm³/mol. The van der Waals surface area contributed by atoms with Gasteiger partial charge in [0.1, 0.15) is 17.4 Å². The van der Waals surface area contributed by atoms with Gasteiger partial charge in [-0.05, 0) is 37.7 Å². The molecular weight excluding hydrogens is 282 g/mol. The van der Waals surface area contributed by atoms with Crippen LogP contribution in [-0.2, 0) is 6.61 Å². The number of nitrogens with zero attached hydrogens (tertiary/aromatic N) is 2. The number of nitrogens with one attached hydrogen (secondary N) is 1. The van der Waals surface area contributed by atoms with E-state index in [1.165, 1.54) is 0 Å². The molecule has 19 heavy (non-hydrogen) atoms. The molecule has 0 radical (unpaired) electrons. The Balaban J connectivity index is 1.91. The van der Waals surface area contributed by atoms with Crippen molar-refractivity contribution < 1.29 is 4.74 Å². The fourth-order valence-corrected chi connectivity index (χ4v) is 2.48. The molecule has 102 valence electrons. The van der Waals surface area contributed by atoms with Gasteiger partial charge in [-0.25, -0.2) is 0 Å². The number of hydrogen-bond donors (Lipinski definition) is 1. The van der Waals surface area contributed by atoms with Crippen molar-refractivity contribution in [3.05, 3.63) is 39.3 Å². The molecule has 0 saturated heterocycles. The summed E-state index contributed by atoms with van der Waals surface area (Å²) in [6, 6.07) is 7.51. The van der Waals surface area contributed by atoms with Crippen LogP contribution in [0.3, 0.4) is 0 Å². The van der Waals surface area contributed by atoms with Crippen molar-refractivity contribution in [3.63, 3.8) is 0 Å². The molecule has 0 fully saturated rings. The average Bonchev–Trinajstić information content (AvgIpc) is 2.87. The lowest BCUT2D eigenvalue weighted by molar-refractivity contribution is 0.304. The first-order valence-corrected chi connectivity index (χ1v) is 7.32. The van der Waals surface area contributed by atoms with Crippen molar-refractivity contribution in [2.45, 2.75) is 26.5 Å². The van der Waals surface area contributed by atoms with Gasteiger partial charge in [-0.2, -0.15) is 0 Å². The Kier molecular flexibility index (Phi) is 5.13. The van der Waals surface area contributed by atoms with Crippen molar-refractivity contribution in [1.29, 1.82) is 0 Å². The molecule has 4 nitrogen and oxygen atoms in total. The molecule has 0 aliphatic rings. The zero-order valence-corrected chi connectivity index (χ0v) is 12.5. The maximum Gasteiger partial charge on any atom is 0.155 e. The Hall–Kier alpha value is -1.17. The van der Waals surface area contributed by atoms with Crippen LogP contribution in [0.5, 0.6) is 5.75 Å². The second-order valence-electron chi connectivity index (χ2n) is 4.06. The highest BCUT2D eigenvalue weighted by atomic mass is 35.5. The summed E-state index contributed by atoms with van der Waals surface area (Å²) in [7, 11) is 0. The first-order chi connectivity index (χ1) is 9.19. The van der Waals surface area contributed by atoms with Crippen LogP contribution in [-0.4, -0.2) is 16.7 Å². The minimum Gasteiger partial charge on any atom is -0.486 e. The smallest absolute Gasteiger partial charge is 0.155 e. The molecule has 0 amide bonds. The van der Waals surface area contributed by atoms with Crippen LogP contribution in [0.4, 0.5) is 0 Å². The second kappa shape index (κ2) is 6.84. The van der Waals surface area contributed by atoms with Crippen LogP contribution in [0, 0.1) is 0 Å². The molecule has 1 aromatic heterocycles. The van der Waals surface area contributed by atoms with E-state index in [1.54, 1.807) is 23.5 Å². The SMILES string of the molecule is CCNC(C)c1nnc(COc2ccc(Cl)cc2)s1. The van der Waals surface area contributed by atoms with Gasteiger partial charge < -0.3 is 10.1 Å². The lowest BCUT2D eigenvalue weighted by atomic mass is 10.3. The third-order valence-electron chi connectivity index (χ3n) is 2.54. The molecule has 1 N–H and O–H groups in total. The summed E-state index contributed by atoms with van der Waals surface area (Å²) in [5.74, 6) is 0.779. The molecule has 2 aromatic rings. The summed E-state index contributed by atoms with van der Waals surface area (Å²) in [5, 5.41) is 14.2. The van der Waals surface area contributed by atoms with Crippen LogP contribution in [0.15, 0.2) is 24.3 Å². The number of aromatic nitrogens is 2. The number of hydrogen-bond acceptors (Lipinski definition) is 5. The third-order valence-corrected chi connectivity index (χ3v) is 3.87. The van der Waals surface area contributed by atoms with E-state index in [0.717, 1.165) is 22.3 Å². The summed E-state index contributed by atoms with van der Waals surface area (Å²) in [6.45, 7) is 5.49. The third kappa shape index (κ3) is 4.16. The standard InChI is InChI=1S/C13H16ClN3OS/c1-3-15-9(2)13-17-16-12(19-13)8-18-11-6-4-10(14)5-7-11/h4-7,9,15H,3,8H2,1-2H3. The molecule has 1 unspecified atom stereocenters. The number of halogens is 1. The molecule has 0 saturated carbocycles. The minimum absolute atomic E-state index is 0.229. The largest absolute Gasteiger partial charge is 0.486 e. The summed E-state index contributed by atoms with van der Waals surface area (Å²) < 4.78 is 5.63. The Morgan fingerprint density at radius 1 is 1.32 bits per heavy atom. The fraction of sp³-hybridized carbons (Fsp3) is 0.385. The summed E-state index contributed by atoms with van der Waals surface area (Å²) in [4.78, 5) is 0. The van der Waals surface area contributed by atoms with Gasteiger partial charge in [0.15, 0.2) is 5.01 Å². The Morgan fingerprint density at radius 2 is 2.05 bits per heavy atom. The van der Waals surface area contributed by atoms with Crippen LogP contribution in [0.2, 0.25) is 5.02 Å². The number of ether oxygens (including phenoxy) is 1. The fourth-order valence-electron chi connectivity index (χ4n) is 1.57. The minimum atomic E-state index is 0.229. The molecular formula is C13H16ClN3OS. The van der Waals surface area contributed by atoms with Gasteiger partial charge in [0.05, 0.1) is 6.04 Å². The van der Waals surface area contributed by atoms with Crippen molar-refractivity contribution in [2.75, 3.05) is 6.54 Å². The van der Waals surface area contributed by atoms with E-state index in [0.29, 0.717) is 11.6 Å². The highest BCUT2D eigenvalue weighted by Gasteiger charge is 2.11. The molecule has 0 aliphatic carbocycles. The summed E-state index contributed by atoms with van der Waals surface area (Å²) >= 11 is 7.38. The van der Waals surface area contributed by atoms with Crippen molar-refractivity contribution in [2.24, 2.45) is 0 Å². The van der Waals surface area contributed by atoms with Gasteiger partial charge >= 0.3 is 0 Å².